The van der Waals surface area contributed by atoms with Gasteiger partial charge in [0.15, 0.2) is 6.10 Å². The highest BCUT2D eigenvalue weighted by molar-refractivity contribution is 5.94. The molecule has 0 fully saturated rings. The van der Waals surface area contributed by atoms with Crippen molar-refractivity contribution in [3.63, 3.8) is 0 Å². The van der Waals surface area contributed by atoms with E-state index in [0.29, 0.717) is 17.8 Å². The van der Waals surface area contributed by atoms with Crippen LogP contribution in [-0.2, 0) is 11.2 Å². The van der Waals surface area contributed by atoms with Gasteiger partial charge in [0.25, 0.3) is 5.91 Å². The topological polar surface area (TPSA) is 68.5 Å². The van der Waals surface area contributed by atoms with E-state index in [4.69, 9.17) is 9.15 Å². The monoisotopic (exact) mass is 369 g/mol. The van der Waals surface area contributed by atoms with Gasteiger partial charge in [-0.25, -0.2) is 9.18 Å². The SMILES string of the molecule is CCc1cc(=O)oc2cc(OC(C)C(=O)Nc3ccc(C)cc3F)ccc12. The van der Waals surface area contributed by atoms with Crippen LogP contribution in [0.3, 0.4) is 0 Å². The minimum atomic E-state index is -0.871. The Hall–Kier alpha value is -3.15. The third-order valence-corrected chi connectivity index (χ3v) is 4.25. The van der Waals surface area contributed by atoms with Gasteiger partial charge in [-0.2, -0.15) is 0 Å². The molecule has 140 valence electrons. The summed E-state index contributed by atoms with van der Waals surface area (Å²) in [6.45, 7) is 5.28. The predicted molar refractivity (Wildman–Crippen MR) is 102 cm³/mol. The molecule has 2 aromatic carbocycles. The summed E-state index contributed by atoms with van der Waals surface area (Å²) < 4.78 is 24.7. The molecule has 3 rings (SSSR count). The summed E-state index contributed by atoms with van der Waals surface area (Å²) in [5.74, 6) is -0.609. The molecule has 27 heavy (non-hydrogen) atoms. The van der Waals surface area contributed by atoms with E-state index < -0.39 is 23.5 Å². The number of hydrogen-bond donors (Lipinski definition) is 1. The summed E-state index contributed by atoms with van der Waals surface area (Å²) in [4.78, 5) is 24.0. The molecule has 0 aliphatic heterocycles. The van der Waals surface area contributed by atoms with Crippen LogP contribution in [0.2, 0.25) is 0 Å². The second-order valence-corrected chi connectivity index (χ2v) is 6.33. The van der Waals surface area contributed by atoms with Crippen LogP contribution in [0.1, 0.15) is 25.0 Å². The maximum Gasteiger partial charge on any atom is 0.336 e. The van der Waals surface area contributed by atoms with Crippen LogP contribution in [0, 0.1) is 12.7 Å². The highest BCUT2D eigenvalue weighted by atomic mass is 19.1. The smallest absolute Gasteiger partial charge is 0.336 e. The summed E-state index contributed by atoms with van der Waals surface area (Å²) in [5, 5.41) is 3.33. The first kappa shape index (κ1) is 18.6. The molecule has 0 saturated heterocycles. The van der Waals surface area contributed by atoms with Gasteiger partial charge in [-0.05, 0) is 55.7 Å². The molecule has 5 nitrogen and oxygen atoms in total. The fourth-order valence-electron chi connectivity index (χ4n) is 2.79. The average molecular weight is 369 g/mol. The molecule has 1 amide bonds. The molecule has 0 aliphatic rings. The van der Waals surface area contributed by atoms with Crippen LogP contribution in [-0.4, -0.2) is 12.0 Å². The quantitative estimate of drug-likeness (QED) is 0.684. The molecule has 0 aliphatic carbocycles. The fourth-order valence-corrected chi connectivity index (χ4v) is 2.79. The molecule has 0 spiro atoms. The van der Waals surface area contributed by atoms with Gasteiger partial charge in [-0.3, -0.25) is 4.79 Å². The van der Waals surface area contributed by atoms with E-state index >= 15 is 0 Å². The van der Waals surface area contributed by atoms with Crippen LogP contribution in [0.4, 0.5) is 10.1 Å². The highest BCUT2D eigenvalue weighted by Gasteiger charge is 2.17. The number of hydrogen-bond acceptors (Lipinski definition) is 4. The molecule has 0 bridgehead atoms. The van der Waals surface area contributed by atoms with Crippen molar-refractivity contribution in [2.45, 2.75) is 33.3 Å². The number of carbonyl (C=O) groups is 1. The lowest BCUT2D eigenvalue weighted by Crippen LogP contribution is -2.30. The summed E-state index contributed by atoms with van der Waals surface area (Å²) >= 11 is 0. The van der Waals surface area contributed by atoms with E-state index in [1.54, 1.807) is 38.1 Å². The van der Waals surface area contributed by atoms with Crippen molar-refractivity contribution in [1.82, 2.24) is 0 Å². The molecule has 1 N–H and O–H groups in total. The molecule has 1 atom stereocenters. The van der Waals surface area contributed by atoms with Gasteiger partial charge < -0.3 is 14.5 Å². The van der Waals surface area contributed by atoms with Gasteiger partial charge >= 0.3 is 5.63 Å². The number of anilines is 1. The van der Waals surface area contributed by atoms with Crippen LogP contribution in [0.5, 0.6) is 5.75 Å². The van der Waals surface area contributed by atoms with Gasteiger partial charge in [0, 0.05) is 17.5 Å². The predicted octanol–water partition coefficient (Wildman–Crippen LogP) is 4.21. The Morgan fingerprint density at radius 3 is 2.70 bits per heavy atom. The minimum absolute atomic E-state index is 0.0955. The fraction of sp³-hybridized carbons (Fsp3) is 0.238. The second kappa shape index (κ2) is 7.61. The zero-order valence-corrected chi connectivity index (χ0v) is 15.3. The van der Waals surface area contributed by atoms with Gasteiger partial charge in [-0.15, -0.1) is 0 Å². The molecule has 3 aromatic rings. The Balaban J connectivity index is 1.77. The van der Waals surface area contributed by atoms with Crippen molar-refractivity contribution < 1.29 is 18.3 Å². The lowest BCUT2D eigenvalue weighted by atomic mass is 10.1. The van der Waals surface area contributed by atoms with Crippen molar-refractivity contribution >= 4 is 22.6 Å². The van der Waals surface area contributed by atoms with Gasteiger partial charge in [0.1, 0.15) is 17.1 Å². The molecular weight excluding hydrogens is 349 g/mol. The van der Waals surface area contributed by atoms with Gasteiger partial charge in [0.2, 0.25) is 0 Å². The number of nitrogens with one attached hydrogen (secondary N) is 1. The molecule has 0 saturated carbocycles. The number of halogens is 1. The van der Waals surface area contributed by atoms with Gasteiger partial charge in [-0.1, -0.05) is 13.0 Å². The number of carbonyl (C=O) groups excluding carboxylic acids is 1. The first-order valence-corrected chi connectivity index (χ1v) is 8.68. The number of fused-ring (bicyclic) bond motifs is 1. The molecule has 1 aromatic heterocycles. The largest absolute Gasteiger partial charge is 0.481 e. The Morgan fingerprint density at radius 2 is 2.00 bits per heavy atom. The van der Waals surface area contributed by atoms with E-state index in [1.807, 2.05) is 6.92 Å². The summed E-state index contributed by atoms with van der Waals surface area (Å²) in [6, 6.07) is 11.1. The zero-order chi connectivity index (χ0) is 19.6. The van der Waals surface area contributed by atoms with Crippen molar-refractivity contribution in [3.8, 4) is 5.75 Å². The molecular formula is C21H20FNO4. The Bertz CT molecular complexity index is 1060. The number of benzene rings is 2. The lowest BCUT2D eigenvalue weighted by molar-refractivity contribution is -0.122. The van der Waals surface area contributed by atoms with Crippen molar-refractivity contribution in [3.05, 3.63) is 69.8 Å². The maximum absolute atomic E-state index is 13.9. The van der Waals surface area contributed by atoms with E-state index in [-0.39, 0.29) is 5.69 Å². The van der Waals surface area contributed by atoms with Crippen LogP contribution in [0.15, 0.2) is 51.7 Å². The van der Waals surface area contributed by atoms with Crippen LogP contribution >= 0.6 is 0 Å². The average Bonchev–Trinajstić information content (AvgIpc) is 2.62. The van der Waals surface area contributed by atoms with Crippen molar-refractivity contribution in [1.29, 1.82) is 0 Å². The number of aryl methyl sites for hydroxylation is 2. The normalized spacial score (nSPS) is 12.0. The molecule has 0 radical (unpaired) electrons. The number of ether oxygens (including phenoxy) is 1. The lowest BCUT2D eigenvalue weighted by Gasteiger charge is -2.15. The van der Waals surface area contributed by atoms with E-state index in [9.17, 15) is 14.0 Å². The highest BCUT2D eigenvalue weighted by Crippen LogP contribution is 2.24. The maximum atomic E-state index is 13.9. The van der Waals surface area contributed by atoms with E-state index in [0.717, 1.165) is 16.5 Å². The number of rotatable bonds is 5. The zero-order valence-electron chi connectivity index (χ0n) is 15.3. The third-order valence-electron chi connectivity index (χ3n) is 4.25. The minimum Gasteiger partial charge on any atom is -0.481 e. The van der Waals surface area contributed by atoms with Crippen LogP contribution in [0.25, 0.3) is 11.0 Å². The van der Waals surface area contributed by atoms with Crippen molar-refractivity contribution in [2.75, 3.05) is 5.32 Å². The summed E-state index contributed by atoms with van der Waals surface area (Å²) in [5.41, 5.74) is 1.71. The molecule has 6 heteroatoms. The van der Waals surface area contributed by atoms with E-state index in [2.05, 4.69) is 5.32 Å². The molecule has 1 unspecified atom stereocenters. The first-order valence-electron chi connectivity index (χ1n) is 8.68. The second-order valence-electron chi connectivity index (χ2n) is 6.33. The Morgan fingerprint density at radius 1 is 1.22 bits per heavy atom. The Labute approximate surface area is 155 Å². The van der Waals surface area contributed by atoms with Crippen LogP contribution < -0.4 is 15.7 Å². The number of amides is 1. The molecule has 1 heterocycles. The third kappa shape index (κ3) is 4.16. The van der Waals surface area contributed by atoms with Gasteiger partial charge in [0.05, 0.1) is 5.69 Å². The Kier molecular flexibility index (Phi) is 5.26. The van der Waals surface area contributed by atoms with Crippen molar-refractivity contribution in [2.24, 2.45) is 0 Å². The van der Waals surface area contributed by atoms with E-state index in [1.165, 1.54) is 18.2 Å². The first-order chi connectivity index (χ1) is 12.9. The summed E-state index contributed by atoms with van der Waals surface area (Å²) in [7, 11) is 0. The standard InChI is InChI=1S/C21H20FNO4/c1-4-14-10-20(24)27-19-11-15(6-7-16(14)19)26-13(3)21(25)23-18-8-5-12(2)9-17(18)22/h5-11,13H,4H2,1-3H3,(H,23,25). The summed E-state index contributed by atoms with van der Waals surface area (Å²) in [6.07, 6.45) is -0.173.